The molecule has 2 saturated carbocycles. The van der Waals surface area contributed by atoms with E-state index in [9.17, 15) is 5.11 Å². The van der Waals surface area contributed by atoms with Gasteiger partial charge in [-0.1, -0.05) is 44.9 Å². The number of rotatable bonds is 6. The van der Waals surface area contributed by atoms with Gasteiger partial charge >= 0.3 is 0 Å². The molecule has 0 aromatic heterocycles. The lowest BCUT2D eigenvalue weighted by molar-refractivity contribution is 0.0531. The topological polar surface area (TPSA) is 20.2 Å². The van der Waals surface area contributed by atoms with E-state index in [1.807, 2.05) is 0 Å². The molecule has 2 aliphatic carbocycles. The first kappa shape index (κ1) is 10.5. The normalized spacial score (nSPS) is 25.5. The van der Waals surface area contributed by atoms with E-state index < -0.39 is 0 Å². The van der Waals surface area contributed by atoms with Crippen LogP contribution < -0.4 is 0 Å². The smallest absolute Gasteiger partial charge is 0.0568 e. The monoisotopic (exact) mass is 196 g/mol. The molecule has 1 heteroatoms. The second-order valence-electron chi connectivity index (χ2n) is 5.34. The van der Waals surface area contributed by atoms with Crippen LogP contribution in [0.4, 0.5) is 0 Å². The first-order chi connectivity index (χ1) is 6.86. The number of hydrogen-bond donors (Lipinski definition) is 1. The molecule has 2 fully saturated rings. The SMILES string of the molecule is OC(CCCCC1CCC1)C1CCC1. The van der Waals surface area contributed by atoms with Gasteiger partial charge in [-0.15, -0.1) is 0 Å². The predicted octanol–water partition coefficient (Wildman–Crippen LogP) is 3.51. The highest BCUT2D eigenvalue weighted by molar-refractivity contribution is 4.77. The van der Waals surface area contributed by atoms with Gasteiger partial charge in [-0.05, 0) is 31.1 Å². The Morgan fingerprint density at radius 2 is 1.71 bits per heavy atom. The molecule has 14 heavy (non-hydrogen) atoms. The van der Waals surface area contributed by atoms with Gasteiger partial charge < -0.3 is 5.11 Å². The zero-order valence-electron chi connectivity index (χ0n) is 9.25. The molecule has 1 nitrogen and oxygen atoms in total. The molecule has 0 aromatic rings. The highest BCUT2D eigenvalue weighted by Gasteiger charge is 2.25. The first-order valence-corrected chi connectivity index (χ1v) is 6.54. The Balaban J connectivity index is 1.45. The molecular weight excluding hydrogens is 172 g/mol. The molecule has 0 aliphatic heterocycles. The third-order valence-corrected chi connectivity index (χ3v) is 4.28. The molecule has 2 rings (SSSR count). The van der Waals surface area contributed by atoms with Crippen LogP contribution in [0.3, 0.4) is 0 Å². The lowest BCUT2D eigenvalue weighted by Crippen LogP contribution is -2.26. The quantitative estimate of drug-likeness (QED) is 0.645. The van der Waals surface area contributed by atoms with Crippen LogP contribution in [0.2, 0.25) is 0 Å². The molecule has 0 heterocycles. The minimum absolute atomic E-state index is 0.0325. The molecule has 0 spiro atoms. The van der Waals surface area contributed by atoms with Crippen molar-refractivity contribution in [1.82, 2.24) is 0 Å². The van der Waals surface area contributed by atoms with E-state index in [1.54, 1.807) is 0 Å². The summed E-state index contributed by atoms with van der Waals surface area (Å²) in [5, 5.41) is 9.81. The van der Waals surface area contributed by atoms with Crippen molar-refractivity contribution in [2.45, 2.75) is 70.3 Å². The first-order valence-electron chi connectivity index (χ1n) is 6.54. The van der Waals surface area contributed by atoms with Crippen LogP contribution in [0.25, 0.3) is 0 Å². The Hall–Kier alpha value is -0.0400. The van der Waals surface area contributed by atoms with Crippen LogP contribution in [-0.2, 0) is 0 Å². The Bertz CT molecular complexity index is 159. The van der Waals surface area contributed by atoms with Gasteiger partial charge in [0.15, 0.2) is 0 Å². The summed E-state index contributed by atoms with van der Waals surface area (Å²) in [5.41, 5.74) is 0. The largest absolute Gasteiger partial charge is 0.393 e. The molecule has 2 aliphatic rings. The molecule has 0 amide bonds. The zero-order chi connectivity index (χ0) is 9.80. The van der Waals surface area contributed by atoms with Crippen molar-refractivity contribution in [2.75, 3.05) is 0 Å². The minimum Gasteiger partial charge on any atom is -0.393 e. The average molecular weight is 196 g/mol. The lowest BCUT2D eigenvalue weighted by atomic mass is 9.78. The van der Waals surface area contributed by atoms with Crippen molar-refractivity contribution in [1.29, 1.82) is 0 Å². The molecule has 0 saturated heterocycles. The summed E-state index contributed by atoms with van der Waals surface area (Å²) in [7, 11) is 0. The van der Waals surface area contributed by atoms with Crippen molar-refractivity contribution < 1.29 is 5.11 Å². The molecule has 0 aromatic carbocycles. The molecule has 82 valence electrons. The van der Waals surface area contributed by atoms with E-state index in [1.165, 1.54) is 57.8 Å². The van der Waals surface area contributed by atoms with Gasteiger partial charge in [-0.2, -0.15) is 0 Å². The Morgan fingerprint density at radius 3 is 2.21 bits per heavy atom. The van der Waals surface area contributed by atoms with Crippen molar-refractivity contribution in [3.63, 3.8) is 0 Å². The average Bonchev–Trinajstić information content (AvgIpc) is 1.97. The summed E-state index contributed by atoms with van der Waals surface area (Å²) in [6.07, 6.45) is 13.5. The fourth-order valence-electron chi connectivity index (χ4n) is 2.63. The second kappa shape index (κ2) is 5.16. The van der Waals surface area contributed by atoms with E-state index >= 15 is 0 Å². The van der Waals surface area contributed by atoms with Gasteiger partial charge in [0.1, 0.15) is 0 Å². The van der Waals surface area contributed by atoms with Crippen molar-refractivity contribution in [3.8, 4) is 0 Å². The summed E-state index contributed by atoms with van der Waals surface area (Å²) in [6, 6.07) is 0. The fourth-order valence-corrected chi connectivity index (χ4v) is 2.63. The van der Waals surface area contributed by atoms with Crippen molar-refractivity contribution in [2.24, 2.45) is 11.8 Å². The molecule has 1 N–H and O–H groups in total. The molecule has 0 radical (unpaired) electrons. The number of hydrogen-bond acceptors (Lipinski definition) is 1. The van der Waals surface area contributed by atoms with E-state index in [0.29, 0.717) is 5.92 Å². The molecule has 1 atom stereocenters. The zero-order valence-corrected chi connectivity index (χ0v) is 9.25. The van der Waals surface area contributed by atoms with Crippen LogP contribution in [0.1, 0.15) is 64.2 Å². The molecule has 1 unspecified atom stereocenters. The third kappa shape index (κ3) is 2.73. The van der Waals surface area contributed by atoms with E-state index in [4.69, 9.17) is 0 Å². The van der Waals surface area contributed by atoms with Crippen molar-refractivity contribution in [3.05, 3.63) is 0 Å². The highest BCUT2D eigenvalue weighted by atomic mass is 16.3. The van der Waals surface area contributed by atoms with E-state index in [-0.39, 0.29) is 6.10 Å². The van der Waals surface area contributed by atoms with E-state index in [2.05, 4.69) is 0 Å². The summed E-state index contributed by atoms with van der Waals surface area (Å²) >= 11 is 0. The Morgan fingerprint density at radius 1 is 1.00 bits per heavy atom. The number of aliphatic hydroxyl groups is 1. The van der Waals surface area contributed by atoms with Crippen LogP contribution in [-0.4, -0.2) is 11.2 Å². The summed E-state index contributed by atoms with van der Waals surface area (Å²) in [4.78, 5) is 0. The van der Waals surface area contributed by atoms with Gasteiger partial charge in [0.25, 0.3) is 0 Å². The standard InChI is InChI=1S/C13H24O/c14-13(12-8-4-9-12)10-2-1-5-11-6-3-7-11/h11-14H,1-10H2. The van der Waals surface area contributed by atoms with Gasteiger partial charge in [0.05, 0.1) is 6.10 Å². The third-order valence-electron chi connectivity index (χ3n) is 4.28. The summed E-state index contributed by atoms with van der Waals surface area (Å²) in [5.74, 6) is 1.72. The maximum absolute atomic E-state index is 9.81. The predicted molar refractivity (Wildman–Crippen MR) is 59.2 cm³/mol. The lowest BCUT2D eigenvalue weighted by Gasteiger charge is -2.30. The summed E-state index contributed by atoms with van der Waals surface area (Å²) in [6.45, 7) is 0. The maximum Gasteiger partial charge on any atom is 0.0568 e. The van der Waals surface area contributed by atoms with Gasteiger partial charge in [-0.25, -0.2) is 0 Å². The minimum atomic E-state index is 0.0325. The van der Waals surface area contributed by atoms with Crippen LogP contribution in [0.15, 0.2) is 0 Å². The molecule has 0 bridgehead atoms. The Labute approximate surface area is 87.9 Å². The van der Waals surface area contributed by atoms with Crippen LogP contribution in [0.5, 0.6) is 0 Å². The number of unbranched alkanes of at least 4 members (excludes halogenated alkanes) is 1. The van der Waals surface area contributed by atoms with E-state index in [0.717, 1.165) is 12.3 Å². The van der Waals surface area contributed by atoms with Gasteiger partial charge in [-0.3, -0.25) is 0 Å². The fraction of sp³-hybridized carbons (Fsp3) is 1.00. The van der Waals surface area contributed by atoms with Crippen molar-refractivity contribution >= 4 is 0 Å². The second-order valence-corrected chi connectivity index (χ2v) is 5.34. The Kier molecular flexibility index (Phi) is 3.86. The van der Waals surface area contributed by atoms with Crippen LogP contribution >= 0.6 is 0 Å². The van der Waals surface area contributed by atoms with Gasteiger partial charge in [0, 0.05) is 0 Å². The van der Waals surface area contributed by atoms with Gasteiger partial charge in [0.2, 0.25) is 0 Å². The maximum atomic E-state index is 9.81. The summed E-state index contributed by atoms with van der Waals surface area (Å²) < 4.78 is 0. The highest BCUT2D eigenvalue weighted by Crippen LogP contribution is 2.33. The number of aliphatic hydroxyl groups excluding tert-OH is 1. The molecular formula is C13H24O. The van der Waals surface area contributed by atoms with Crippen LogP contribution in [0, 0.1) is 11.8 Å².